The second-order valence-corrected chi connectivity index (χ2v) is 12.9. The summed E-state index contributed by atoms with van der Waals surface area (Å²) in [6.45, 7) is 7.76. The number of likely N-dealkylation sites (tertiary alicyclic amines) is 1. The molecule has 0 aliphatic carbocycles. The largest absolute Gasteiger partial charge is 0.438 e. The lowest BCUT2D eigenvalue weighted by Gasteiger charge is -2.36. The molecule has 2 saturated heterocycles. The van der Waals surface area contributed by atoms with Crippen LogP contribution in [0, 0.1) is 0 Å². The Morgan fingerprint density at radius 1 is 0.900 bits per heavy atom. The number of anilines is 2. The predicted molar refractivity (Wildman–Crippen MR) is 186 cm³/mol. The number of ether oxygens (including phenoxy) is 1. The van der Waals surface area contributed by atoms with Gasteiger partial charge in [0.2, 0.25) is 11.8 Å². The molecule has 2 aliphatic heterocycles. The van der Waals surface area contributed by atoms with E-state index in [-0.39, 0.29) is 30.0 Å². The summed E-state index contributed by atoms with van der Waals surface area (Å²) in [7, 11) is 0. The summed E-state index contributed by atoms with van der Waals surface area (Å²) in [5.74, 6) is 0.354. The van der Waals surface area contributed by atoms with Gasteiger partial charge in [0.25, 0.3) is 5.91 Å². The Kier molecular flexibility index (Phi) is 10.9. The molecule has 1 aromatic heterocycles. The summed E-state index contributed by atoms with van der Waals surface area (Å²) in [5, 5.41) is 10.4. The number of hydrogen-bond acceptors (Lipinski definition) is 7. The van der Waals surface area contributed by atoms with Crippen molar-refractivity contribution in [1.82, 2.24) is 20.0 Å². The molecule has 0 atom stereocenters. The van der Waals surface area contributed by atoms with Crippen LogP contribution in [0.4, 0.5) is 24.5 Å². The Hall–Kier alpha value is -4.68. The van der Waals surface area contributed by atoms with E-state index in [1.807, 2.05) is 41.3 Å². The van der Waals surface area contributed by atoms with Crippen LogP contribution in [0.5, 0.6) is 11.6 Å². The fourth-order valence-electron chi connectivity index (χ4n) is 6.43. The van der Waals surface area contributed by atoms with Gasteiger partial charge in [-0.15, -0.1) is 10.2 Å². The lowest BCUT2D eigenvalue weighted by Crippen LogP contribution is -2.46. The highest BCUT2D eigenvalue weighted by atomic mass is 35.5. The minimum absolute atomic E-state index is 0.0338. The lowest BCUT2D eigenvalue weighted by atomic mass is 9.89. The second kappa shape index (κ2) is 15.5. The Balaban J connectivity index is 1.09. The summed E-state index contributed by atoms with van der Waals surface area (Å²) in [4.78, 5) is 33.5. The number of alkyl halides is 3. The zero-order valence-electron chi connectivity index (χ0n) is 27.6. The lowest BCUT2D eigenvalue weighted by molar-refractivity contribution is -0.141. The summed E-state index contributed by atoms with van der Waals surface area (Å²) in [5.41, 5.74) is 2.84. The number of halogens is 4. The summed E-state index contributed by atoms with van der Waals surface area (Å²) in [6, 6.07) is 22.1. The van der Waals surface area contributed by atoms with Crippen LogP contribution in [-0.4, -0.2) is 77.6 Å². The third kappa shape index (κ3) is 8.72. The topological polar surface area (TPSA) is 90.9 Å². The highest BCUT2D eigenvalue weighted by Gasteiger charge is 2.33. The molecule has 1 N–H and O–H groups in total. The first-order chi connectivity index (χ1) is 24.1. The average Bonchev–Trinajstić information content (AvgIpc) is 3.11. The molecule has 13 heteroatoms. The molecule has 0 radical (unpaired) electrons. The molecule has 0 spiro atoms. The van der Waals surface area contributed by atoms with Crippen LogP contribution in [0.1, 0.15) is 52.9 Å². The molecule has 2 amide bonds. The Morgan fingerprint density at radius 3 is 2.28 bits per heavy atom. The molecule has 4 aromatic rings. The van der Waals surface area contributed by atoms with Gasteiger partial charge in [-0.1, -0.05) is 42.8 Å². The monoisotopic (exact) mass is 706 g/mol. The number of carbonyl (C=O) groups excluding carboxylic acids is 2. The molecule has 0 unspecified atom stereocenters. The maximum atomic E-state index is 13.8. The number of carbonyl (C=O) groups is 2. The molecule has 2 fully saturated rings. The number of hydrogen-bond donors (Lipinski definition) is 1. The van der Waals surface area contributed by atoms with Gasteiger partial charge in [0.15, 0.2) is 5.69 Å². The van der Waals surface area contributed by atoms with Gasteiger partial charge in [-0.05, 0) is 85.0 Å². The van der Waals surface area contributed by atoms with Crippen molar-refractivity contribution >= 4 is 34.8 Å². The minimum atomic E-state index is -4.57. The summed E-state index contributed by atoms with van der Waals surface area (Å²) < 4.78 is 43.9. The quantitative estimate of drug-likeness (QED) is 0.196. The Labute approximate surface area is 294 Å². The van der Waals surface area contributed by atoms with E-state index in [9.17, 15) is 22.8 Å². The van der Waals surface area contributed by atoms with Crippen LogP contribution >= 0.6 is 11.6 Å². The number of piperazine rings is 1. The molecule has 2 aliphatic rings. The van der Waals surface area contributed by atoms with Crippen molar-refractivity contribution < 1.29 is 27.5 Å². The molecule has 50 heavy (non-hydrogen) atoms. The number of nitrogens with one attached hydrogen (secondary N) is 1. The molecule has 9 nitrogen and oxygen atoms in total. The maximum absolute atomic E-state index is 13.8. The van der Waals surface area contributed by atoms with Gasteiger partial charge in [0.1, 0.15) is 5.75 Å². The number of rotatable bonds is 9. The molecule has 0 saturated carbocycles. The summed E-state index contributed by atoms with van der Waals surface area (Å²) >= 11 is 6.14. The van der Waals surface area contributed by atoms with E-state index in [0.717, 1.165) is 74.5 Å². The SMILES string of the molecule is CCN1CCN(c2ccc(C(=O)N3CCC(c4ccc(Oc5ccc(C(F)(F)F)nn5)cc4)CC3)cc2NC(=O)Cc2cccc(Cl)c2)CC1. The maximum Gasteiger partial charge on any atom is 0.435 e. The minimum Gasteiger partial charge on any atom is -0.438 e. The fraction of sp³-hybridized carbons (Fsp3) is 0.351. The van der Waals surface area contributed by atoms with Gasteiger partial charge < -0.3 is 24.8 Å². The fourth-order valence-corrected chi connectivity index (χ4v) is 6.64. The van der Waals surface area contributed by atoms with Gasteiger partial charge in [0, 0.05) is 55.9 Å². The van der Waals surface area contributed by atoms with Gasteiger partial charge in [-0.25, -0.2) is 0 Å². The van der Waals surface area contributed by atoms with Crippen molar-refractivity contribution in [3.8, 4) is 11.6 Å². The van der Waals surface area contributed by atoms with Crippen molar-refractivity contribution in [3.05, 3.63) is 106 Å². The van der Waals surface area contributed by atoms with Crippen LogP contribution in [0.3, 0.4) is 0 Å². The van der Waals surface area contributed by atoms with Crippen molar-refractivity contribution in [1.29, 1.82) is 0 Å². The van der Waals surface area contributed by atoms with Crippen LogP contribution < -0.4 is 15.0 Å². The Morgan fingerprint density at radius 2 is 1.64 bits per heavy atom. The van der Waals surface area contributed by atoms with Crippen molar-refractivity contribution in [2.75, 3.05) is 56.0 Å². The first-order valence-electron chi connectivity index (χ1n) is 16.7. The van der Waals surface area contributed by atoms with Crippen LogP contribution in [0.15, 0.2) is 78.9 Å². The van der Waals surface area contributed by atoms with E-state index < -0.39 is 11.9 Å². The predicted octanol–water partition coefficient (Wildman–Crippen LogP) is 7.28. The number of nitrogens with zero attached hydrogens (tertiary/aromatic N) is 5. The van der Waals surface area contributed by atoms with E-state index in [1.165, 1.54) is 0 Å². The number of benzene rings is 3. The molecule has 3 heterocycles. The highest BCUT2D eigenvalue weighted by molar-refractivity contribution is 6.30. The zero-order chi connectivity index (χ0) is 35.3. The number of amides is 2. The van der Waals surface area contributed by atoms with E-state index in [0.29, 0.717) is 35.1 Å². The number of likely N-dealkylation sites (N-methyl/N-ethyl adjacent to an activating group) is 1. The van der Waals surface area contributed by atoms with E-state index in [1.54, 1.807) is 30.3 Å². The molecule has 262 valence electrons. The van der Waals surface area contributed by atoms with Crippen molar-refractivity contribution in [2.24, 2.45) is 0 Å². The standard InChI is InChI=1S/C37H38ClF3N6O3/c1-2-45-18-20-46(21-19-45)32-11-8-28(24-31(32)42-34(48)23-25-4-3-5-29(38)22-25)36(49)47-16-14-27(15-17-47)26-6-9-30(10-7-26)50-35-13-12-33(43-44-35)37(39,40)41/h3-13,22,24,27H,2,14-21,23H2,1H3,(H,42,48). The van der Waals surface area contributed by atoms with Crippen LogP contribution in [-0.2, 0) is 17.4 Å². The van der Waals surface area contributed by atoms with Gasteiger partial charge >= 0.3 is 6.18 Å². The highest BCUT2D eigenvalue weighted by Crippen LogP contribution is 2.33. The average molecular weight is 707 g/mol. The first-order valence-corrected chi connectivity index (χ1v) is 17.1. The van der Waals surface area contributed by atoms with Gasteiger partial charge in [-0.2, -0.15) is 13.2 Å². The van der Waals surface area contributed by atoms with E-state index >= 15 is 0 Å². The van der Waals surface area contributed by atoms with Crippen molar-refractivity contribution in [3.63, 3.8) is 0 Å². The molecule has 6 rings (SSSR count). The first kappa shape index (κ1) is 35.2. The van der Waals surface area contributed by atoms with Crippen LogP contribution in [0.25, 0.3) is 0 Å². The number of aromatic nitrogens is 2. The Bertz CT molecular complexity index is 1790. The molecular formula is C37H38ClF3N6O3. The molecule has 0 bridgehead atoms. The van der Waals surface area contributed by atoms with E-state index in [2.05, 4.69) is 32.2 Å². The smallest absolute Gasteiger partial charge is 0.435 e. The zero-order valence-corrected chi connectivity index (χ0v) is 28.4. The number of piperidine rings is 1. The summed E-state index contributed by atoms with van der Waals surface area (Å²) in [6.07, 6.45) is -2.88. The van der Waals surface area contributed by atoms with Crippen molar-refractivity contribution in [2.45, 2.75) is 38.3 Å². The normalized spacial score (nSPS) is 15.9. The van der Waals surface area contributed by atoms with Gasteiger partial charge in [0.05, 0.1) is 17.8 Å². The van der Waals surface area contributed by atoms with E-state index in [4.69, 9.17) is 16.3 Å². The third-order valence-corrected chi connectivity index (χ3v) is 9.45. The third-order valence-electron chi connectivity index (χ3n) is 9.22. The van der Waals surface area contributed by atoms with Gasteiger partial charge in [-0.3, -0.25) is 9.59 Å². The van der Waals surface area contributed by atoms with Crippen LogP contribution in [0.2, 0.25) is 5.02 Å². The molecule has 3 aromatic carbocycles. The molecular weight excluding hydrogens is 669 g/mol. The second-order valence-electron chi connectivity index (χ2n) is 12.5.